The van der Waals surface area contributed by atoms with Crippen LogP contribution in [-0.2, 0) is 6.18 Å². The number of halogens is 3. The monoisotopic (exact) mass is 321 g/mol. The minimum atomic E-state index is -4.36. The van der Waals surface area contributed by atoms with Gasteiger partial charge in [0.25, 0.3) is 5.91 Å². The van der Waals surface area contributed by atoms with E-state index in [0.717, 1.165) is 23.3 Å². The van der Waals surface area contributed by atoms with Gasteiger partial charge in [0.05, 0.1) is 11.6 Å². The van der Waals surface area contributed by atoms with Gasteiger partial charge in [-0.1, -0.05) is 29.8 Å². The van der Waals surface area contributed by atoms with Crippen molar-refractivity contribution < 1.29 is 18.0 Å². The molecule has 0 aromatic heterocycles. The fourth-order valence-electron chi connectivity index (χ4n) is 2.39. The maximum absolute atomic E-state index is 12.6. The highest BCUT2D eigenvalue weighted by Gasteiger charge is 2.30. The van der Waals surface area contributed by atoms with E-state index in [9.17, 15) is 18.0 Å². The van der Waals surface area contributed by atoms with Crippen molar-refractivity contribution in [3.8, 4) is 0 Å². The number of benzene rings is 2. The molecule has 122 valence electrons. The van der Waals surface area contributed by atoms with Crippen LogP contribution in [0.3, 0.4) is 0 Å². The lowest BCUT2D eigenvalue weighted by Crippen LogP contribution is -2.27. The van der Waals surface area contributed by atoms with Crippen LogP contribution in [0.2, 0.25) is 0 Å². The van der Waals surface area contributed by atoms with Crippen LogP contribution in [0.5, 0.6) is 0 Å². The van der Waals surface area contributed by atoms with Gasteiger partial charge in [-0.3, -0.25) is 4.79 Å². The summed E-state index contributed by atoms with van der Waals surface area (Å²) in [6.45, 7) is 5.54. The molecule has 0 radical (unpaired) electrons. The topological polar surface area (TPSA) is 29.1 Å². The van der Waals surface area contributed by atoms with Crippen molar-refractivity contribution in [3.63, 3.8) is 0 Å². The lowest BCUT2D eigenvalue weighted by Gasteiger charge is -2.16. The largest absolute Gasteiger partial charge is 0.416 e. The zero-order valence-corrected chi connectivity index (χ0v) is 13.2. The number of hydrogen-bond acceptors (Lipinski definition) is 1. The number of amides is 1. The number of carbonyl (C=O) groups excluding carboxylic acids is 1. The van der Waals surface area contributed by atoms with E-state index in [1.807, 2.05) is 26.0 Å². The Kier molecular flexibility index (Phi) is 4.78. The molecule has 5 heteroatoms. The molecule has 0 aliphatic heterocycles. The predicted octanol–water partition coefficient (Wildman–Crippen LogP) is 4.81. The Morgan fingerprint density at radius 2 is 1.65 bits per heavy atom. The van der Waals surface area contributed by atoms with Crippen LogP contribution in [-0.4, -0.2) is 5.91 Å². The van der Waals surface area contributed by atoms with Gasteiger partial charge in [0.1, 0.15) is 0 Å². The first-order valence-electron chi connectivity index (χ1n) is 7.24. The van der Waals surface area contributed by atoms with E-state index in [2.05, 4.69) is 5.32 Å². The summed E-state index contributed by atoms with van der Waals surface area (Å²) in [6.07, 6.45) is -4.36. The molecule has 2 rings (SSSR count). The van der Waals surface area contributed by atoms with Gasteiger partial charge in [0.2, 0.25) is 0 Å². The van der Waals surface area contributed by atoms with E-state index in [4.69, 9.17) is 0 Å². The molecule has 0 aliphatic carbocycles. The van der Waals surface area contributed by atoms with Crippen LogP contribution in [0.4, 0.5) is 13.2 Å². The molecule has 0 heterocycles. The van der Waals surface area contributed by atoms with Gasteiger partial charge in [0, 0.05) is 5.56 Å². The van der Waals surface area contributed by atoms with E-state index in [1.165, 1.54) is 12.1 Å². The Labute approximate surface area is 133 Å². The molecule has 1 amide bonds. The van der Waals surface area contributed by atoms with Crippen molar-refractivity contribution in [2.75, 3.05) is 0 Å². The molecule has 1 atom stereocenters. The van der Waals surface area contributed by atoms with Crippen LogP contribution in [0, 0.1) is 13.8 Å². The van der Waals surface area contributed by atoms with Crippen molar-refractivity contribution in [1.82, 2.24) is 5.32 Å². The molecule has 0 saturated carbocycles. The number of nitrogens with one attached hydrogen (secondary N) is 1. The highest BCUT2D eigenvalue weighted by molar-refractivity contribution is 5.95. The summed E-state index contributed by atoms with van der Waals surface area (Å²) in [4.78, 5) is 12.3. The zero-order chi connectivity index (χ0) is 17.2. The fourth-order valence-corrected chi connectivity index (χ4v) is 2.39. The Morgan fingerprint density at radius 3 is 2.17 bits per heavy atom. The third kappa shape index (κ3) is 4.12. The van der Waals surface area contributed by atoms with Gasteiger partial charge in [-0.15, -0.1) is 0 Å². The molecule has 23 heavy (non-hydrogen) atoms. The van der Waals surface area contributed by atoms with Crippen molar-refractivity contribution in [1.29, 1.82) is 0 Å². The molecule has 1 unspecified atom stereocenters. The van der Waals surface area contributed by atoms with Crippen LogP contribution in [0.1, 0.15) is 45.6 Å². The van der Waals surface area contributed by atoms with Crippen molar-refractivity contribution in [2.45, 2.75) is 33.0 Å². The number of rotatable bonds is 3. The van der Waals surface area contributed by atoms with E-state index >= 15 is 0 Å². The second kappa shape index (κ2) is 6.44. The summed E-state index contributed by atoms with van der Waals surface area (Å²) in [5.41, 5.74) is 2.41. The average molecular weight is 321 g/mol. The minimum absolute atomic E-state index is 0.241. The molecule has 0 saturated heterocycles. The Morgan fingerprint density at radius 1 is 1.04 bits per heavy atom. The Bertz CT molecular complexity index is 705. The predicted molar refractivity (Wildman–Crippen MR) is 83.2 cm³/mol. The highest BCUT2D eigenvalue weighted by Crippen LogP contribution is 2.29. The third-order valence-corrected chi connectivity index (χ3v) is 3.71. The van der Waals surface area contributed by atoms with E-state index in [1.54, 1.807) is 13.0 Å². The van der Waals surface area contributed by atoms with Gasteiger partial charge in [0.15, 0.2) is 0 Å². The molecular weight excluding hydrogens is 303 g/mol. The third-order valence-electron chi connectivity index (χ3n) is 3.71. The summed E-state index contributed by atoms with van der Waals surface area (Å²) in [5, 5.41) is 2.81. The van der Waals surface area contributed by atoms with Crippen LogP contribution in [0.25, 0.3) is 0 Å². The number of carbonyl (C=O) groups is 1. The molecule has 0 fully saturated rings. The summed E-state index contributed by atoms with van der Waals surface area (Å²) < 4.78 is 37.7. The van der Waals surface area contributed by atoms with Gasteiger partial charge in [-0.05, 0) is 50.1 Å². The number of alkyl halides is 3. The maximum Gasteiger partial charge on any atom is 0.416 e. The normalized spacial score (nSPS) is 12.8. The summed E-state index contributed by atoms with van der Waals surface area (Å²) in [6, 6.07) is 9.95. The molecule has 0 aliphatic rings. The number of hydrogen-bond donors (Lipinski definition) is 1. The first-order chi connectivity index (χ1) is 10.7. The molecule has 2 nitrogen and oxygen atoms in total. The highest BCUT2D eigenvalue weighted by atomic mass is 19.4. The van der Waals surface area contributed by atoms with Gasteiger partial charge < -0.3 is 5.32 Å². The quantitative estimate of drug-likeness (QED) is 0.863. The smallest absolute Gasteiger partial charge is 0.346 e. The fraction of sp³-hybridized carbons (Fsp3) is 0.278. The van der Waals surface area contributed by atoms with Gasteiger partial charge in [-0.2, -0.15) is 13.2 Å². The van der Waals surface area contributed by atoms with E-state index < -0.39 is 11.7 Å². The molecule has 1 N–H and O–H groups in total. The van der Waals surface area contributed by atoms with Crippen LogP contribution >= 0.6 is 0 Å². The molecule has 0 spiro atoms. The van der Waals surface area contributed by atoms with Crippen molar-refractivity contribution in [3.05, 3.63) is 70.3 Å². The SMILES string of the molecule is Cc1ccc(C(=O)NC(C)c2ccc(C(F)(F)F)cc2)c(C)c1. The van der Waals surface area contributed by atoms with E-state index in [-0.39, 0.29) is 11.9 Å². The standard InChI is InChI=1S/C18H18F3NO/c1-11-4-9-16(12(2)10-11)17(23)22-13(3)14-5-7-15(8-6-14)18(19,20)21/h4-10,13H,1-3H3,(H,22,23). The summed E-state index contributed by atoms with van der Waals surface area (Å²) in [5.74, 6) is -0.241. The first-order valence-corrected chi connectivity index (χ1v) is 7.24. The molecule has 2 aromatic rings. The molecular formula is C18H18F3NO. The van der Waals surface area contributed by atoms with E-state index in [0.29, 0.717) is 11.1 Å². The Balaban J connectivity index is 2.12. The maximum atomic E-state index is 12.6. The van der Waals surface area contributed by atoms with Gasteiger partial charge >= 0.3 is 6.18 Å². The summed E-state index contributed by atoms with van der Waals surface area (Å²) >= 11 is 0. The minimum Gasteiger partial charge on any atom is -0.346 e. The van der Waals surface area contributed by atoms with Crippen molar-refractivity contribution in [2.24, 2.45) is 0 Å². The molecule has 0 bridgehead atoms. The first kappa shape index (κ1) is 17.1. The average Bonchev–Trinajstić information content (AvgIpc) is 2.46. The Hall–Kier alpha value is -2.30. The van der Waals surface area contributed by atoms with Crippen LogP contribution < -0.4 is 5.32 Å². The molecule has 2 aromatic carbocycles. The summed E-state index contributed by atoms with van der Waals surface area (Å²) in [7, 11) is 0. The second-order valence-electron chi connectivity index (χ2n) is 5.63. The zero-order valence-electron chi connectivity index (χ0n) is 13.2. The number of aryl methyl sites for hydroxylation is 2. The van der Waals surface area contributed by atoms with Crippen molar-refractivity contribution >= 4 is 5.91 Å². The van der Waals surface area contributed by atoms with Crippen LogP contribution in [0.15, 0.2) is 42.5 Å². The second-order valence-corrected chi connectivity index (χ2v) is 5.63. The van der Waals surface area contributed by atoms with Gasteiger partial charge in [-0.25, -0.2) is 0 Å². The lowest BCUT2D eigenvalue weighted by molar-refractivity contribution is -0.137. The lowest BCUT2D eigenvalue weighted by atomic mass is 10.0.